The summed E-state index contributed by atoms with van der Waals surface area (Å²) in [6.07, 6.45) is 0.381. The van der Waals surface area contributed by atoms with Crippen molar-refractivity contribution in [2.45, 2.75) is 6.42 Å². The fraction of sp³-hybridized carbons (Fsp3) is 0.273. The first kappa shape index (κ1) is 10.5. The molecule has 2 N–H and O–H groups in total. The van der Waals surface area contributed by atoms with Crippen molar-refractivity contribution in [2.24, 2.45) is 5.73 Å². The largest absolute Gasteiger partial charge is 0.351 e. The van der Waals surface area contributed by atoms with Crippen LogP contribution < -0.4 is 15.5 Å². The van der Waals surface area contributed by atoms with E-state index in [1.165, 1.54) is 4.90 Å². The molecule has 0 bridgehead atoms. The molecule has 1 aromatic rings. The lowest BCUT2D eigenvalue weighted by molar-refractivity contribution is -0.117. The third-order valence-electron chi connectivity index (χ3n) is 2.86. The summed E-state index contributed by atoms with van der Waals surface area (Å²) in [5.74, 6) is 0.0638. The number of nitrogens with zero attached hydrogens (tertiary/aromatic N) is 2. The highest BCUT2D eigenvalue weighted by atomic mass is 16.2. The summed E-state index contributed by atoms with van der Waals surface area (Å²) < 4.78 is 0. The maximum Gasteiger partial charge on any atom is 0.318 e. The van der Waals surface area contributed by atoms with Gasteiger partial charge in [-0.1, -0.05) is 0 Å². The van der Waals surface area contributed by atoms with Crippen molar-refractivity contribution in [1.29, 1.82) is 0 Å². The molecule has 2 rings (SSSR count). The zero-order valence-electron chi connectivity index (χ0n) is 9.23. The van der Waals surface area contributed by atoms with E-state index in [4.69, 9.17) is 5.73 Å². The van der Waals surface area contributed by atoms with Gasteiger partial charge in [-0.15, -0.1) is 0 Å². The number of hydrogen-bond acceptors (Lipinski definition) is 2. The van der Waals surface area contributed by atoms with Gasteiger partial charge in [0.05, 0.1) is 6.42 Å². The van der Waals surface area contributed by atoms with E-state index >= 15 is 0 Å². The predicted molar refractivity (Wildman–Crippen MR) is 61.5 cm³/mol. The van der Waals surface area contributed by atoms with Crippen LogP contribution in [-0.2, 0) is 11.2 Å². The Bertz CT molecular complexity index is 470. The van der Waals surface area contributed by atoms with Gasteiger partial charge in [0.1, 0.15) is 0 Å². The smallest absolute Gasteiger partial charge is 0.318 e. The molecule has 0 aromatic heterocycles. The molecule has 0 aliphatic carbocycles. The van der Waals surface area contributed by atoms with Crippen molar-refractivity contribution in [2.75, 3.05) is 23.9 Å². The maximum absolute atomic E-state index is 11.5. The van der Waals surface area contributed by atoms with Crippen LogP contribution in [0, 0.1) is 0 Å². The summed E-state index contributed by atoms with van der Waals surface area (Å²) in [5.41, 5.74) is 7.70. The molecule has 3 amide bonds. The first-order valence-corrected chi connectivity index (χ1v) is 4.93. The minimum atomic E-state index is -0.516. The van der Waals surface area contributed by atoms with Gasteiger partial charge in [-0.2, -0.15) is 0 Å². The summed E-state index contributed by atoms with van der Waals surface area (Å²) in [4.78, 5) is 25.4. The van der Waals surface area contributed by atoms with Crippen LogP contribution in [0.5, 0.6) is 0 Å². The Morgan fingerprint density at radius 2 is 2.19 bits per heavy atom. The number of anilines is 2. The standard InChI is InChI=1S/C11H13N3O2/c1-13(11(12)16)8-3-4-9-7(5-8)6-10(15)14(9)2/h3-5H,6H2,1-2H3,(H2,12,16). The highest BCUT2D eigenvalue weighted by Crippen LogP contribution is 2.30. The average Bonchev–Trinajstić information content (AvgIpc) is 2.53. The van der Waals surface area contributed by atoms with Crippen molar-refractivity contribution in [1.82, 2.24) is 0 Å². The number of carbonyl (C=O) groups excluding carboxylic acids is 2. The number of likely N-dealkylation sites (N-methyl/N-ethyl adjacent to an activating group) is 1. The molecule has 84 valence electrons. The molecule has 0 saturated heterocycles. The zero-order chi connectivity index (χ0) is 11.9. The number of rotatable bonds is 1. The number of amides is 3. The summed E-state index contributed by atoms with van der Waals surface area (Å²) in [5, 5.41) is 0. The SMILES string of the molecule is CN(C(N)=O)c1ccc2c(c1)CC(=O)N2C. The predicted octanol–water partition coefficient (Wildman–Crippen LogP) is 0.720. The van der Waals surface area contributed by atoms with E-state index in [1.54, 1.807) is 25.1 Å². The number of benzene rings is 1. The summed E-state index contributed by atoms with van der Waals surface area (Å²) in [6, 6.07) is 4.91. The maximum atomic E-state index is 11.5. The van der Waals surface area contributed by atoms with Gasteiger partial charge in [-0.05, 0) is 23.8 Å². The van der Waals surface area contributed by atoms with E-state index < -0.39 is 6.03 Å². The number of primary amides is 1. The minimum absolute atomic E-state index is 0.0638. The van der Waals surface area contributed by atoms with E-state index in [1.807, 2.05) is 12.1 Å². The molecule has 0 unspecified atom stereocenters. The van der Waals surface area contributed by atoms with E-state index in [9.17, 15) is 9.59 Å². The molecule has 5 nitrogen and oxygen atoms in total. The van der Waals surface area contributed by atoms with E-state index in [-0.39, 0.29) is 5.91 Å². The molecule has 1 aliphatic rings. The molecule has 0 radical (unpaired) electrons. The Morgan fingerprint density at radius 3 is 2.81 bits per heavy atom. The number of urea groups is 1. The number of hydrogen-bond donors (Lipinski definition) is 1. The molecule has 5 heteroatoms. The number of nitrogens with two attached hydrogens (primary N) is 1. The fourth-order valence-electron chi connectivity index (χ4n) is 1.79. The number of carbonyl (C=O) groups is 2. The molecular weight excluding hydrogens is 206 g/mol. The Balaban J connectivity index is 2.39. The fourth-order valence-corrected chi connectivity index (χ4v) is 1.79. The molecule has 1 aromatic carbocycles. The summed E-state index contributed by atoms with van der Waals surface area (Å²) in [6.45, 7) is 0. The second-order valence-electron chi connectivity index (χ2n) is 3.84. The molecule has 16 heavy (non-hydrogen) atoms. The van der Waals surface area contributed by atoms with Gasteiger partial charge in [0, 0.05) is 25.5 Å². The van der Waals surface area contributed by atoms with Crippen LogP contribution in [0.4, 0.5) is 16.2 Å². The van der Waals surface area contributed by atoms with Gasteiger partial charge in [0.2, 0.25) is 5.91 Å². The van der Waals surface area contributed by atoms with E-state index in [0.717, 1.165) is 11.3 Å². The first-order valence-electron chi connectivity index (χ1n) is 4.93. The van der Waals surface area contributed by atoms with Gasteiger partial charge >= 0.3 is 6.03 Å². The van der Waals surface area contributed by atoms with Gasteiger partial charge < -0.3 is 10.6 Å². The number of fused-ring (bicyclic) bond motifs is 1. The Morgan fingerprint density at radius 1 is 1.50 bits per heavy atom. The van der Waals surface area contributed by atoms with Crippen LogP contribution in [0.1, 0.15) is 5.56 Å². The third kappa shape index (κ3) is 1.50. The molecular formula is C11H13N3O2. The summed E-state index contributed by atoms with van der Waals surface area (Å²) in [7, 11) is 3.34. The molecule has 0 atom stereocenters. The second kappa shape index (κ2) is 3.52. The lowest BCUT2D eigenvalue weighted by atomic mass is 10.1. The molecule has 1 aliphatic heterocycles. The van der Waals surface area contributed by atoms with Gasteiger partial charge in [-0.3, -0.25) is 9.69 Å². The van der Waals surface area contributed by atoms with E-state index in [2.05, 4.69) is 0 Å². The van der Waals surface area contributed by atoms with E-state index in [0.29, 0.717) is 12.1 Å². The lowest BCUT2D eigenvalue weighted by Gasteiger charge is -2.16. The monoisotopic (exact) mass is 219 g/mol. The van der Waals surface area contributed by atoms with Crippen LogP contribution >= 0.6 is 0 Å². The molecule has 1 heterocycles. The summed E-state index contributed by atoms with van der Waals surface area (Å²) >= 11 is 0. The van der Waals surface area contributed by atoms with Crippen LogP contribution in [0.3, 0.4) is 0 Å². The van der Waals surface area contributed by atoms with Crippen molar-refractivity contribution < 1.29 is 9.59 Å². The minimum Gasteiger partial charge on any atom is -0.351 e. The van der Waals surface area contributed by atoms with Crippen molar-refractivity contribution in [3.63, 3.8) is 0 Å². The van der Waals surface area contributed by atoms with Crippen molar-refractivity contribution in [3.8, 4) is 0 Å². The van der Waals surface area contributed by atoms with Gasteiger partial charge in [0.25, 0.3) is 0 Å². The quantitative estimate of drug-likeness (QED) is 0.756. The normalized spacial score (nSPS) is 13.9. The Hall–Kier alpha value is -2.04. The van der Waals surface area contributed by atoms with Crippen LogP contribution in [0.2, 0.25) is 0 Å². The molecule has 0 spiro atoms. The van der Waals surface area contributed by atoms with Crippen molar-refractivity contribution >= 4 is 23.3 Å². The Labute approximate surface area is 93.4 Å². The van der Waals surface area contributed by atoms with Crippen LogP contribution in [0.15, 0.2) is 18.2 Å². The van der Waals surface area contributed by atoms with Gasteiger partial charge in [-0.25, -0.2) is 4.79 Å². The second-order valence-corrected chi connectivity index (χ2v) is 3.84. The Kier molecular flexibility index (Phi) is 2.30. The average molecular weight is 219 g/mol. The topological polar surface area (TPSA) is 66.6 Å². The molecule has 0 saturated carbocycles. The third-order valence-corrected chi connectivity index (χ3v) is 2.86. The van der Waals surface area contributed by atoms with Crippen LogP contribution in [0.25, 0.3) is 0 Å². The highest BCUT2D eigenvalue weighted by molar-refractivity contribution is 6.02. The van der Waals surface area contributed by atoms with Crippen LogP contribution in [-0.4, -0.2) is 26.0 Å². The van der Waals surface area contributed by atoms with Gasteiger partial charge in [0.15, 0.2) is 0 Å². The highest BCUT2D eigenvalue weighted by Gasteiger charge is 2.24. The first-order chi connectivity index (χ1) is 7.50. The van der Waals surface area contributed by atoms with Crippen molar-refractivity contribution in [3.05, 3.63) is 23.8 Å². The lowest BCUT2D eigenvalue weighted by Crippen LogP contribution is -2.31. The zero-order valence-corrected chi connectivity index (χ0v) is 9.23. The molecule has 0 fully saturated rings.